The van der Waals surface area contributed by atoms with Gasteiger partial charge in [0.2, 0.25) is 10.0 Å². The summed E-state index contributed by atoms with van der Waals surface area (Å²) in [4.78, 5) is 2.02. The molecular formula is C18H24F2N2O6S2. The molecule has 8 nitrogen and oxygen atoms in total. The van der Waals surface area contributed by atoms with Gasteiger partial charge in [-0.2, -0.15) is 8.78 Å². The Labute approximate surface area is 174 Å². The maximum atomic E-state index is 13.1. The molecular weight excluding hydrogens is 442 g/mol. The predicted octanol–water partition coefficient (Wildman–Crippen LogP) is 3.06. The van der Waals surface area contributed by atoms with E-state index in [4.69, 9.17) is 10.4 Å². The van der Waals surface area contributed by atoms with Crippen LogP contribution in [0, 0.1) is 0 Å². The third kappa shape index (κ3) is 5.39. The van der Waals surface area contributed by atoms with Gasteiger partial charge in [0.05, 0.1) is 0 Å². The largest absolute Gasteiger partial charge is 0.386 e. The van der Waals surface area contributed by atoms with Gasteiger partial charge >= 0.3 is 15.3 Å². The molecule has 0 aromatic heterocycles. The Balaban J connectivity index is 0.000000277. The molecule has 0 spiro atoms. The molecule has 2 aromatic carbocycles. The van der Waals surface area contributed by atoms with Crippen molar-refractivity contribution in [3.8, 4) is 0 Å². The molecule has 0 amide bonds. The van der Waals surface area contributed by atoms with Crippen molar-refractivity contribution in [3.05, 3.63) is 71.8 Å². The van der Waals surface area contributed by atoms with Crippen LogP contribution in [0.25, 0.3) is 0 Å². The van der Waals surface area contributed by atoms with Gasteiger partial charge in [0.15, 0.2) is 0 Å². The summed E-state index contributed by atoms with van der Waals surface area (Å²) < 4.78 is 69.8. The quantitative estimate of drug-likeness (QED) is 0.484. The molecule has 1 aliphatic carbocycles. The number of halogens is 2. The summed E-state index contributed by atoms with van der Waals surface area (Å²) in [5.41, 5.74) is 0.0306. The van der Waals surface area contributed by atoms with Gasteiger partial charge in [0, 0.05) is 5.56 Å². The van der Waals surface area contributed by atoms with E-state index in [-0.39, 0.29) is 0 Å². The van der Waals surface area contributed by atoms with Crippen molar-refractivity contribution in [2.75, 3.05) is 0 Å². The van der Waals surface area contributed by atoms with Crippen molar-refractivity contribution in [3.63, 3.8) is 0 Å². The fraction of sp³-hybridized carbons (Fsp3) is 0.333. The first-order chi connectivity index (χ1) is 14.0. The zero-order chi connectivity index (χ0) is 23.1. The highest BCUT2D eigenvalue weighted by Gasteiger charge is 2.55. The molecule has 2 aromatic rings. The van der Waals surface area contributed by atoms with Crippen LogP contribution in [0.4, 0.5) is 8.78 Å². The van der Waals surface area contributed by atoms with Crippen LogP contribution in [0.3, 0.4) is 0 Å². The summed E-state index contributed by atoms with van der Waals surface area (Å²) in [5.74, 6) is 0. The average molecular weight is 467 g/mol. The van der Waals surface area contributed by atoms with Gasteiger partial charge in [-0.25, -0.2) is 16.8 Å². The number of hydrogen-bond acceptors (Lipinski definition) is 6. The topological polar surface area (TPSA) is 133 Å². The second-order valence-electron chi connectivity index (χ2n) is 5.93. The van der Waals surface area contributed by atoms with Crippen molar-refractivity contribution in [1.82, 2.24) is 9.77 Å². The fourth-order valence-electron chi connectivity index (χ4n) is 2.50. The molecule has 168 valence electrons. The summed E-state index contributed by atoms with van der Waals surface area (Å²) in [6, 6.07) is 14.9. The maximum Gasteiger partial charge on any atom is 0.386 e. The van der Waals surface area contributed by atoms with E-state index in [9.17, 15) is 25.6 Å². The lowest BCUT2D eigenvalue weighted by Crippen LogP contribution is -2.35. The van der Waals surface area contributed by atoms with Crippen LogP contribution in [-0.2, 0) is 30.0 Å². The average Bonchev–Trinajstić information content (AvgIpc) is 3.59. The van der Waals surface area contributed by atoms with E-state index in [1.165, 1.54) is 23.1 Å². The minimum Gasteiger partial charge on any atom is -0.302 e. The van der Waals surface area contributed by atoms with E-state index in [0.29, 0.717) is 17.7 Å². The smallest absolute Gasteiger partial charge is 0.302 e. The summed E-state index contributed by atoms with van der Waals surface area (Å²) in [5, 5.41) is 12.5. The molecule has 0 atom stereocenters. The molecule has 0 radical (unpaired) electrons. The highest BCUT2D eigenvalue weighted by molar-refractivity contribution is 7.90. The van der Waals surface area contributed by atoms with Crippen molar-refractivity contribution < 1.29 is 36.0 Å². The first-order valence-corrected chi connectivity index (χ1v) is 11.8. The SMILES string of the molecule is CC.O=S(=O)(NO)C(F)(F)c1ccccc1.O=S(=O)(NO)C1(c2ccccc2)CC1. The summed E-state index contributed by atoms with van der Waals surface area (Å²) in [6.45, 7) is 4.00. The highest BCUT2D eigenvalue weighted by Crippen LogP contribution is 2.51. The van der Waals surface area contributed by atoms with Crippen LogP contribution in [0.15, 0.2) is 60.7 Å². The van der Waals surface area contributed by atoms with E-state index >= 15 is 0 Å². The Kier molecular flexibility index (Phi) is 9.02. The third-order valence-electron chi connectivity index (χ3n) is 4.21. The second kappa shape index (κ2) is 10.4. The van der Waals surface area contributed by atoms with E-state index in [1.807, 2.05) is 19.9 Å². The monoisotopic (exact) mass is 466 g/mol. The van der Waals surface area contributed by atoms with E-state index in [1.54, 1.807) is 24.3 Å². The first kappa shape index (κ1) is 26.1. The fourth-order valence-corrected chi connectivity index (χ4v) is 4.32. The molecule has 1 saturated carbocycles. The highest BCUT2D eigenvalue weighted by atomic mass is 32.2. The van der Waals surface area contributed by atoms with Gasteiger partial charge in [-0.3, -0.25) is 0 Å². The third-order valence-corrected chi connectivity index (χ3v) is 7.27. The summed E-state index contributed by atoms with van der Waals surface area (Å²) >= 11 is 0. The molecule has 4 N–H and O–H groups in total. The van der Waals surface area contributed by atoms with Crippen molar-refractivity contribution in [2.24, 2.45) is 0 Å². The molecule has 30 heavy (non-hydrogen) atoms. The van der Waals surface area contributed by atoms with Gasteiger partial charge < -0.3 is 10.4 Å². The zero-order valence-electron chi connectivity index (χ0n) is 16.3. The summed E-state index contributed by atoms with van der Waals surface area (Å²) in [7, 11) is -8.71. The Morgan fingerprint density at radius 2 is 1.27 bits per heavy atom. The Bertz CT molecular complexity index is 926. The van der Waals surface area contributed by atoms with Gasteiger partial charge in [-0.1, -0.05) is 84.3 Å². The van der Waals surface area contributed by atoms with Gasteiger partial charge in [0.25, 0.3) is 0 Å². The van der Waals surface area contributed by atoms with Crippen LogP contribution < -0.4 is 9.77 Å². The minimum absolute atomic E-state index is 0.562. The van der Waals surface area contributed by atoms with Crippen molar-refractivity contribution in [1.29, 1.82) is 0 Å². The number of alkyl halides is 2. The molecule has 1 aliphatic rings. The maximum absolute atomic E-state index is 13.1. The number of rotatable bonds is 6. The van der Waals surface area contributed by atoms with Gasteiger partial charge in [-0.05, 0) is 18.4 Å². The molecule has 0 bridgehead atoms. The van der Waals surface area contributed by atoms with Crippen LogP contribution in [0.5, 0.6) is 0 Å². The normalized spacial score (nSPS) is 15.1. The minimum atomic E-state index is -5.08. The number of nitrogens with one attached hydrogen (secondary N) is 2. The molecule has 0 unspecified atom stereocenters. The number of hydrogen-bond donors (Lipinski definition) is 4. The number of sulfonamides is 2. The molecule has 1 fully saturated rings. The molecule has 12 heteroatoms. The zero-order valence-corrected chi connectivity index (χ0v) is 17.9. The lowest BCUT2D eigenvalue weighted by atomic mass is 10.1. The predicted molar refractivity (Wildman–Crippen MR) is 107 cm³/mol. The second-order valence-corrected chi connectivity index (χ2v) is 9.61. The Morgan fingerprint density at radius 3 is 1.63 bits per heavy atom. The molecule has 0 saturated heterocycles. The van der Waals surface area contributed by atoms with Crippen LogP contribution >= 0.6 is 0 Å². The molecule has 0 heterocycles. The van der Waals surface area contributed by atoms with Crippen LogP contribution in [0.1, 0.15) is 37.8 Å². The molecule has 3 rings (SSSR count). The lowest BCUT2D eigenvalue weighted by Gasteiger charge is -2.15. The molecule has 0 aliphatic heterocycles. The Morgan fingerprint density at radius 1 is 0.833 bits per heavy atom. The van der Waals surface area contributed by atoms with E-state index in [0.717, 1.165) is 17.7 Å². The van der Waals surface area contributed by atoms with Crippen LogP contribution in [0.2, 0.25) is 0 Å². The van der Waals surface area contributed by atoms with E-state index < -0.39 is 35.6 Å². The van der Waals surface area contributed by atoms with Crippen LogP contribution in [-0.4, -0.2) is 27.3 Å². The number of benzene rings is 2. The van der Waals surface area contributed by atoms with Crippen molar-refractivity contribution in [2.45, 2.75) is 36.7 Å². The van der Waals surface area contributed by atoms with Crippen molar-refractivity contribution >= 4 is 20.0 Å². The Hall–Kier alpha value is -1.96. The van der Waals surface area contributed by atoms with E-state index in [2.05, 4.69) is 0 Å². The lowest BCUT2D eigenvalue weighted by molar-refractivity contribution is 0.0794. The first-order valence-electron chi connectivity index (χ1n) is 8.84. The standard InChI is InChI=1S/C9H11NO3S.C7H7F2NO3S.C2H6/c11-10-14(12,13)9(6-7-9)8-4-2-1-3-5-8;8-7(9,14(12,13)10-11)6-4-2-1-3-5-6;1-2/h1-5,10-11H,6-7H2;1-5,10-11H;1-2H3. The summed E-state index contributed by atoms with van der Waals surface area (Å²) in [6.07, 6.45) is 1.12. The van der Waals surface area contributed by atoms with Gasteiger partial charge in [0.1, 0.15) is 4.75 Å². The van der Waals surface area contributed by atoms with Gasteiger partial charge in [-0.15, -0.1) is 0 Å².